The maximum Gasteiger partial charge on any atom is 0.185 e. The SMILES string of the molecule is CCC(CC)NCc1sc(N(C)C)nc1C.Cl. The monoisotopic (exact) mass is 277 g/mol. The maximum atomic E-state index is 4.54. The van der Waals surface area contributed by atoms with E-state index in [-0.39, 0.29) is 12.4 Å². The summed E-state index contributed by atoms with van der Waals surface area (Å²) in [7, 11) is 4.08. The normalized spacial score (nSPS) is 10.5. The molecule has 0 saturated heterocycles. The highest BCUT2D eigenvalue weighted by molar-refractivity contribution is 7.15. The molecular weight excluding hydrogens is 254 g/mol. The lowest BCUT2D eigenvalue weighted by Crippen LogP contribution is -2.26. The van der Waals surface area contributed by atoms with Gasteiger partial charge in [-0.2, -0.15) is 0 Å². The summed E-state index contributed by atoms with van der Waals surface area (Å²) >= 11 is 1.78. The molecule has 0 spiro atoms. The predicted octanol–water partition coefficient (Wildman–Crippen LogP) is 3.22. The summed E-state index contributed by atoms with van der Waals surface area (Å²) in [5.74, 6) is 0. The number of anilines is 1. The van der Waals surface area contributed by atoms with Crippen molar-refractivity contribution < 1.29 is 0 Å². The van der Waals surface area contributed by atoms with Crippen LogP contribution in [0.15, 0.2) is 0 Å². The number of hydrogen-bond donors (Lipinski definition) is 1. The first kappa shape index (κ1) is 16.7. The van der Waals surface area contributed by atoms with Gasteiger partial charge in [-0.1, -0.05) is 13.8 Å². The Morgan fingerprint density at radius 3 is 2.29 bits per heavy atom. The molecule has 3 nitrogen and oxygen atoms in total. The molecule has 0 fully saturated rings. The maximum absolute atomic E-state index is 4.54. The van der Waals surface area contributed by atoms with Gasteiger partial charge in [-0.15, -0.1) is 23.7 Å². The molecule has 0 amide bonds. The first-order chi connectivity index (χ1) is 7.58. The third kappa shape index (κ3) is 4.82. The van der Waals surface area contributed by atoms with Crippen LogP contribution in [0.2, 0.25) is 0 Å². The topological polar surface area (TPSA) is 28.2 Å². The lowest BCUT2D eigenvalue weighted by atomic mass is 10.2. The zero-order chi connectivity index (χ0) is 12.1. The van der Waals surface area contributed by atoms with E-state index in [0.717, 1.165) is 17.4 Å². The molecule has 0 unspecified atom stereocenters. The van der Waals surface area contributed by atoms with Crippen LogP contribution >= 0.6 is 23.7 Å². The summed E-state index contributed by atoms with van der Waals surface area (Å²) in [6.45, 7) is 7.50. The minimum atomic E-state index is 0. The van der Waals surface area contributed by atoms with E-state index in [2.05, 4.69) is 36.0 Å². The van der Waals surface area contributed by atoms with Gasteiger partial charge >= 0.3 is 0 Å². The fourth-order valence-electron chi connectivity index (χ4n) is 1.58. The van der Waals surface area contributed by atoms with Gasteiger partial charge in [-0.05, 0) is 19.8 Å². The lowest BCUT2D eigenvalue weighted by Gasteiger charge is -2.13. The van der Waals surface area contributed by atoms with Crippen molar-refractivity contribution >= 4 is 28.9 Å². The first-order valence-electron chi connectivity index (χ1n) is 5.95. The first-order valence-corrected chi connectivity index (χ1v) is 6.77. The molecular formula is C12H24ClN3S. The Bertz CT molecular complexity index is 322. The number of nitrogens with zero attached hydrogens (tertiary/aromatic N) is 2. The molecule has 0 radical (unpaired) electrons. The van der Waals surface area contributed by atoms with Crippen molar-refractivity contribution in [2.75, 3.05) is 19.0 Å². The van der Waals surface area contributed by atoms with Crippen LogP contribution in [0.25, 0.3) is 0 Å². The van der Waals surface area contributed by atoms with E-state index < -0.39 is 0 Å². The molecule has 1 aromatic rings. The number of aromatic nitrogens is 1. The molecule has 1 N–H and O–H groups in total. The number of rotatable bonds is 6. The average Bonchev–Trinajstić information content (AvgIpc) is 2.62. The molecule has 100 valence electrons. The van der Waals surface area contributed by atoms with Gasteiger partial charge in [0.2, 0.25) is 0 Å². The van der Waals surface area contributed by atoms with Crippen molar-refractivity contribution in [3.63, 3.8) is 0 Å². The molecule has 0 bridgehead atoms. The van der Waals surface area contributed by atoms with Gasteiger partial charge in [-0.25, -0.2) is 4.98 Å². The van der Waals surface area contributed by atoms with Crippen LogP contribution in [0.5, 0.6) is 0 Å². The van der Waals surface area contributed by atoms with E-state index in [1.807, 2.05) is 14.1 Å². The third-order valence-electron chi connectivity index (χ3n) is 2.80. The van der Waals surface area contributed by atoms with Crippen LogP contribution in [0.4, 0.5) is 5.13 Å². The smallest absolute Gasteiger partial charge is 0.185 e. The van der Waals surface area contributed by atoms with Gasteiger partial charge in [0.15, 0.2) is 5.13 Å². The van der Waals surface area contributed by atoms with Crippen LogP contribution in [0, 0.1) is 6.92 Å². The summed E-state index contributed by atoms with van der Waals surface area (Å²) in [4.78, 5) is 7.97. The number of hydrogen-bond acceptors (Lipinski definition) is 4. The molecule has 0 aliphatic heterocycles. The van der Waals surface area contributed by atoms with E-state index in [1.165, 1.54) is 17.7 Å². The number of aryl methyl sites for hydroxylation is 1. The van der Waals surface area contributed by atoms with Crippen molar-refractivity contribution in [1.82, 2.24) is 10.3 Å². The van der Waals surface area contributed by atoms with Crippen LogP contribution in [0.1, 0.15) is 37.3 Å². The largest absolute Gasteiger partial charge is 0.354 e. The van der Waals surface area contributed by atoms with E-state index in [4.69, 9.17) is 0 Å². The van der Waals surface area contributed by atoms with Gasteiger partial charge in [0.05, 0.1) is 5.69 Å². The Morgan fingerprint density at radius 2 is 1.88 bits per heavy atom. The lowest BCUT2D eigenvalue weighted by molar-refractivity contribution is 0.485. The Hall–Kier alpha value is -0.320. The van der Waals surface area contributed by atoms with Crippen molar-refractivity contribution in [2.24, 2.45) is 0 Å². The van der Waals surface area contributed by atoms with E-state index in [0.29, 0.717) is 6.04 Å². The summed E-state index contributed by atoms with van der Waals surface area (Å²) in [5, 5.41) is 4.68. The van der Waals surface area contributed by atoms with Crippen molar-refractivity contribution in [2.45, 2.75) is 46.2 Å². The molecule has 0 saturated carbocycles. The molecule has 0 aliphatic carbocycles. The van der Waals surface area contributed by atoms with Gasteiger partial charge < -0.3 is 10.2 Å². The summed E-state index contributed by atoms with van der Waals surface area (Å²) in [6, 6.07) is 0.629. The second kappa shape index (κ2) is 7.90. The molecule has 17 heavy (non-hydrogen) atoms. The van der Waals surface area contributed by atoms with Crippen LogP contribution in [0.3, 0.4) is 0 Å². The minimum Gasteiger partial charge on any atom is -0.354 e. The van der Waals surface area contributed by atoms with Gasteiger partial charge in [0.1, 0.15) is 0 Å². The zero-order valence-electron chi connectivity index (χ0n) is 11.4. The second-order valence-corrected chi connectivity index (χ2v) is 5.36. The highest BCUT2D eigenvalue weighted by Crippen LogP contribution is 2.24. The highest BCUT2D eigenvalue weighted by atomic mass is 35.5. The summed E-state index contributed by atoms with van der Waals surface area (Å²) < 4.78 is 0. The molecule has 0 atom stereocenters. The standard InChI is InChI=1S/C12H23N3S.ClH/c1-6-10(7-2)13-8-11-9(3)14-12(16-11)15(4)5;/h10,13H,6-8H2,1-5H3;1H. The Labute approximate surface area is 115 Å². The summed E-state index contributed by atoms with van der Waals surface area (Å²) in [6.07, 6.45) is 2.38. The van der Waals surface area contributed by atoms with E-state index >= 15 is 0 Å². The Morgan fingerprint density at radius 1 is 1.29 bits per heavy atom. The second-order valence-electron chi connectivity index (χ2n) is 4.29. The van der Waals surface area contributed by atoms with Crippen molar-refractivity contribution in [3.05, 3.63) is 10.6 Å². The fourth-order valence-corrected chi connectivity index (χ4v) is 2.52. The number of halogens is 1. The van der Waals surface area contributed by atoms with Gasteiger partial charge in [-0.3, -0.25) is 0 Å². The quantitative estimate of drug-likeness (QED) is 0.865. The van der Waals surface area contributed by atoms with Gasteiger partial charge in [0.25, 0.3) is 0 Å². The van der Waals surface area contributed by atoms with Gasteiger partial charge in [0, 0.05) is 31.6 Å². The predicted molar refractivity (Wildman–Crippen MR) is 79.6 cm³/mol. The Kier molecular flexibility index (Phi) is 7.75. The van der Waals surface area contributed by atoms with Crippen LogP contribution in [-0.2, 0) is 6.54 Å². The van der Waals surface area contributed by atoms with Crippen LogP contribution < -0.4 is 10.2 Å². The number of nitrogens with one attached hydrogen (secondary N) is 1. The fraction of sp³-hybridized carbons (Fsp3) is 0.750. The number of thiazole rings is 1. The van der Waals surface area contributed by atoms with E-state index in [9.17, 15) is 0 Å². The highest BCUT2D eigenvalue weighted by Gasteiger charge is 2.10. The molecule has 5 heteroatoms. The molecule has 0 aliphatic rings. The Balaban J connectivity index is 0.00000256. The molecule has 0 aromatic carbocycles. The van der Waals surface area contributed by atoms with E-state index in [1.54, 1.807) is 11.3 Å². The molecule has 1 heterocycles. The third-order valence-corrected chi connectivity index (χ3v) is 4.13. The van der Waals surface area contributed by atoms with Crippen molar-refractivity contribution in [1.29, 1.82) is 0 Å². The molecule has 1 aromatic heterocycles. The summed E-state index contributed by atoms with van der Waals surface area (Å²) in [5.41, 5.74) is 1.16. The minimum absolute atomic E-state index is 0. The zero-order valence-corrected chi connectivity index (χ0v) is 13.0. The molecule has 1 rings (SSSR count). The van der Waals surface area contributed by atoms with Crippen molar-refractivity contribution in [3.8, 4) is 0 Å². The van der Waals surface area contributed by atoms with Crippen LogP contribution in [-0.4, -0.2) is 25.1 Å². The average molecular weight is 278 g/mol.